The molecule has 1 saturated heterocycles. The summed E-state index contributed by atoms with van der Waals surface area (Å²) in [4.78, 5) is 24.1. The molecule has 0 aliphatic carbocycles. The number of nitrogens with one attached hydrogen (secondary N) is 1. The Labute approximate surface area is 180 Å². The van der Waals surface area contributed by atoms with Gasteiger partial charge in [0, 0.05) is 18.7 Å². The molecule has 4 N–H and O–H groups in total. The van der Waals surface area contributed by atoms with Crippen molar-refractivity contribution < 1.29 is 14.6 Å². The smallest absolute Gasteiger partial charge is 0.320 e. The summed E-state index contributed by atoms with van der Waals surface area (Å²) >= 11 is 0. The van der Waals surface area contributed by atoms with Crippen LogP contribution in [0.15, 0.2) is 36.4 Å². The second-order valence-corrected chi connectivity index (χ2v) is 8.71. The van der Waals surface area contributed by atoms with Crippen molar-refractivity contribution in [1.82, 2.24) is 19.8 Å². The number of rotatable bonds is 1. The summed E-state index contributed by atoms with van der Waals surface area (Å²) in [6.07, 6.45) is 1.20. The third kappa shape index (κ3) is 3.90. The molecular formula is C23H27N5O3. The lowest BCUT2D eigenvalue weighted by Gasteiger charge is -2.38. The van der Waals surface area contributed by atoms with Crippen LogP contribution in [-0.2, 0) is 6.54 Å². The highest BCUT2D eigenvalue weighted by Gasteiger charge is 2.32. The molecule has 0 spiro atoms. The number of aliphatic hydroxyl groups is 1. The van der Waals surface area contributed by atoms with Crippen LogP contribution >= 0.6 is 0 Å². The first-order valence-electron chi connectivity index (χ1n) is 10.7. The Morgan fingerprint density at radius 3 is 2.68 bits per heavy atom. The zero-order valence-electron chi connectivity index (χ0n) is 17.6. The highest BCUT2D eigenvalue weighted by molar-refractivity contribution is 5.83. The number of nitrogens with zero attached hydrogens (tertiary/aromatic N) is 3. The summed E-state index contributed by atoms with van der Waals surface area (Å²) in [5.74, 6) is 1.21. The molecule has 1 fully saturated rings. The number of imidazole rings is 1. The fourth-order valence-corrected chi connectivity index (χ4v) is 4.33. The van der Waals surface area contributed by atoms with Crippen LogP contribution < -0.4 is 10.5 Å². The number of H-pyrrole nitrogens is 1. The van der Waals surface area contributed by atoms with Gasteiger partial charge in [0.1, 0.15) is 12.4 Å². The molecule has 2 aliphatic heterocycles. The number of ether oxygens (including phenoxy) is 1. The third-order valence-electron chi connectivity index (χ3n) is 6.26. The van der Waals surface area contributed by atoms with Crippen molar-refractivity contribution in [3.05, 3.63) is 42.0 Å². The number of aromatic nitrogens is 2. The van der Waals surface area contributed by atoms with Crippen molar-refractivity contribution in [2.45, 2.75) is 31.9 Å². The SMILES string of the molecule is CC1(O)CCN(C(=O)N2CCOc3ccc(-c4ccc5nc(N)[nH]c5c4)cc3C2)CC1. The molecule has 2 aliphatic rings. The lowest BCUT2D eigenvalue weighted by atomic mass is 9.94. The number of nitrogen functional groups attached to an aromatic ring is 1. The van der Waals surface area contributed by atoms with Gasteiger partial charge < -0.3 is 30.4 Å². The maximum absolute atomic E-state index is 13.1. The number of amides is 2. The first-order valence-corrected chi connectivity index (χ1v) is 10.7. The fraction of sp³-hybridized carbons (Fsp3) is 0.391. The van der Waals surface area contributed by atoms with Gasteiger partial charge in [-0.15, -0.1) is 0 Å². The van der Waals surface area contributed by atoms with Crippen LogP contribution in [0.2, 0.25) is 0 Å². The quantitative estimate of drug-likeness (QED) is 0.560. The van der Waals surface area contributed by atoms with E-state index < -0.39 is 5.60 Å². The molecule has 0 radical (unpaired) electrons. The van der Waals surface area contributed by atoms with E-state index in [1.165, 1.54) is 0 Å². The molecule has 0 unspecified atom stereocenters. The van der Waals surface area contributed by atoms with E-state index in [-0.39, 0.29) is 6.03 Å². The van der Waals surface area contributed by atoms with Crippen molar-refractivity contribution in [3.8, 4) is 16.9 Å². The molecule has 3 heterocycles. The molecule has 2 aromatic carbocycles. The number of anilines is 1. The van der Waals surface area contributed by atoms with Crippen LogP contribution in [0.5, 0.6) is 5.75 Å². The monoisotopic (exact) mass is 421 g/mol. The highest BCUT2D eigenvalue weighted by Crippen LogP contribution is 2.31. The molecule has 0 saturated carbocycles. The number of nitrogens with two attached hydrogens (primary N) is 1. The predicted octanol–water partition coefficient (Wildman–Crippen LogP) is 2.97. The summed E-state index contributed by atoms with van der Waals surface area (Å²) in [6, 6.07) is 12.1. The Balaban J connectivity index is 1.39. The molecule has 0 atom stereocenters. The number of piperidine rings is 1. The maximum Gasteiger partial charge on any atom is 0.320 e. The molecule has 5 rings (SSSR count). The van der Waals surface area contributed by atoms with E-state index in [4.69, 9.17) is 10.5 Å². The van der Waals surface area contributed by atoms with Gasteiger partial charge in [-0.3, -0.25) is 0 Å². The van der Waals surface area contributed by atoms with Gasteiger partial charge in [0.2, 0.25) is 0 Å². The number of benzene rings is 2. The van der Waals surface area contributed by atoms with E-state index in [1.54, 1.807) is 0 Å². The predicted molar refractivity (Wildman–Crippen MR) is 119 cm³/mol. The van der Waals surface area contributed by atoms with Crippen molar-refractivity contribution >= 4 is 23.0 Å². The van der Waals surface area contributed by atoms with E-state index in [9.17, 15) is 9.90 Å². The minimum absolute atomic E-state index is 0.00621. The third-order valence-corrected chi connectivity index (χ3v) is 6.26. The normalized spacial score (nSPS) is 18.4. The molecule has 8 heteroatoms. The van der Waals surface area contributed by atoms with Gasteiger partial charge in [0.15, 0.2) is 5.95 Å². The Bertz CT molecular complexity index is 1130. The molecule has 31 heavy (non-hydrogen) atoms. The first kappa shape index (κ1) is 19.7. The van der Waals surface area contributed by atoms with Crippen LogP contribution in [-0.4, -0.2) is 62.7 Å². The van der Waals surface area contributed by atoms with Crippen LogP contribution in [0, 0.1) is 0 Å². The lowest BCUT2D eigenvalue weighted by molar-refractivity contribution is 0.000212. The standard InChI is InChI=1S/C23H27N5O3/c1-23(30)6-8-27(9-7-23)22(29)28-10-11-31-20-5-3-15(12-17(20)14-28)16-2-4-18-19(13-16)26-21(24)25-18/h2-5,12-13,30H,6-11,14H2,1H3,(H3,24,25,26). The van der Waals surface area contributed by atoms with E-state index in [2.05, 4.69) is 16.0 Å². The Morgan fingerprint density at radius 1 is 1.13 bits per heavy atom. The van der Waals surface area contributed by atoms with Crippen LogP contribution in [0.1, 0.15) is 25.3 Å². The number of fused-ring (bicyclic) bond motifs is 2. The summed E-state index contributed by atoms with van der Waals surface area (Å²) in [5, 5.41) is 10.2. The Morgan fingerprint density at radius 2 is 1.87 bits per heavy atom. The van der Waals surface area contributed by atoms with Gasteiger partial charge >= 0.3 is 6.03 Å². The topological polar surface area (TPSA) is 108 Å². The molecule has 3 aromatic rings. The van der Waals surface area contributed by atoms with Crippen LogP contribution in [0.3, 0.4) is 0 Å². The average molecular weight is 422 g/mol. The van der Waals surface area contributed by atoms with Crippen LogP contribution in [0.25, 0.3) is 22.2 Å². The number of hydrogen-bond acceptors (Lipinski definition) is 5. The number of carbonyl (C=O) groups excluding carboxylic acids is 1. The van der Waals surface area contributed by atoms with Crippen molar-refractivity contribution in [2.75, 3.05) is 32.0 Å². The first-order chi connectivity index (χ1) is 14.9. The van der Waals surface area contributed by atoms with Crippen molar-refractivity contribution in [3.63, 3.8) is 0 Å². The maximum atomic E-state index is 13.1. The van der Waals surface area contributed by atoms with Crippen molar-refractivity contribution in [1.29, 1.82) is 0 Å². The van der Waals surface area contributed by atoms with Gasteiger partial charge in [0.05, 0.1) is 29.7 Å². The fourth-order valence-electron chi connectivity index (χ4n) is 4.33. The van der Waals surface area contributed by atoms with Gasteiger partial charge in [-0.25, -0.2) is 9.78 Å². The largest absolute Gasteiger partial charge is 0.491 e. The van der Waals surface area contributed by atoms with Gasteiger partial charge in [-0.1, -0.05) is 12.1 Å². The van der Waals surface area contributed by atoms with E-state index in [1.807, 2.05) is 47.1 Å². The summed E-state index contributed by atoms with van der Waals surface area (Å²) in [6.45, 7) is 4.47. The Hall–Kier alpha value is -3.26. The minimum atomic E-state index is -0.680. The highest BCUT2D eigenvalue weighted by atomic mass is 16.5. The second kappa shape index (κ2) is 7.46. The number of carbonyl (C=O) groups is 1. The van der Waals surface area contributed by atoms with E-state index >= 15 is 0 Å². The summed E-state index contributed by atoms with van der Waals surface area (Å²) < 4.78 is 5.93. The molecule has 0 bridgehead atoms. The molecular weight excluding hydrogens is 394 g/mol. The van der Waals surface area contributed by atoms with Gasteiger partial charge in [0.25, 0.3) is 0 Å². The van der Waals surface area contributed by atoms with E-state index in [0.29, 0.717) is 51.6 Å². The van der Waals surface area contributed by atoms with Gasteiger partial charge in [-0.2, -0.15) is 0 Å². The summed E-state index contributed by atoms with van der Waals surface area (Å²) in [5.41, 5.74) is 9.87. The van der Waals surface area contributed by atoms with Crippen molar-refractivity contribution in [2.24, 2.45) is 0 Å². The average Bonchev–Trinajstić information content (AvgIpc) is 2.98. The summed E-state index contributed by atoms with van der Waals surface area (Å²) in [7, 11) is 0. The number of hydrogen-bond donors (Lipinski definition) is 3. The van der Waals surface area contributed by atoms with Crippen LogP contribution in [0.4, 0.5) is 10.7 Å². The second-order valence-electron chi connectivity index (χ2n) is 8.71. The molecule has 8 nitrogen and oxygen atoms in total. The van der Waals surface area contributed by atoms with Gasteiger partial charge in [-0.05, 0) is 55.2 Å². The minimum Gasteiger partial charge on any atom is -0.491 e. The lowest BCUT2D eigenvalue weighted by Crippen LogP contribution is -2.50. The Kier molecular flexibility index (Phi) is 4.74. The molecule has 1 aromatic heterocycles. The number of aromatic amines is 1. The number of urea groups is 1. The zero-order valence-corrected chi connectivity index (χ0v) is 17.6. The molecule has 162 valence electrons. The molecule has 2 amide bonds. The number of likely N-dealkylation sites (tertiary alicyclic amines) is 1. The zero-order chi connectivity index (χ0) is 21.6. The van der Waals surface area contributed by atoms with E-state index in [0.717, 1.165) is 33.5 Å².